The van der Waals surface area contributed by atoms with E-state index in [1.165, 1.54) is 0 Å². The van der Waals surface area contributed by atoms with Gasteiger partial charge in [0, 0.05) is 0 Å². The van der Waals surface area contributed by atoms with Crippen LogP contribution in [0.5, 0.6) is 0 Å². The van der Waals surface area contributed by atoms with Gasteiger partial charge in [-0.15, -0.1) is 0 Å². The first-order valence-electron chi connectivity index (χ1n) is 5.26. The van der Waals surface area contributed by atoms with Crippen LogP contribution >= 0.6 is 7.82 Å². The van der Waals surface area contributed by atoms with Crippen LogP contribution in [0.2, 0.25) is 38.3 Å². The van der Waals surface area contributed by atoms with Crippen LogP contribution in [0.4, 0.5) is 0 Å². The topological polar surface area (TPSA) is 58.6 Å². The summed E-state index contributed by atoms with van der Waals surface area (Å²) in [5, 5.41) is 0. The van der Waals surface area contributed by atoms with Gasteiger partial charge < -0.3 is 13.3 Å². The average Bonchev–Trinajstić information content (AvgIpc) is 2.00. The monoisotopic (exact) mass is 276 g/mol. The fourth-order valence-electron chi connectivity index (χ4n) is 0.753. The Labute approximate surface area is 113 Å². The van der Waals surface area contributed by atoms with Gasteiger partial charge in [0.15, 0.2) is 16.6 Å². The third kappa shape index (κ3) is 8.26. The Hall–Kier alpha value is 1.14. The number of hydrogen-bond donors (Lipinski definition) is 0. The van der Waals surface area contributed by atoms with Crippen LogP contribution in [0.3, 0.4) is 0 Å². The van der Waals surface area contributed by atoms with Crippen molar-refractivity contribution in [1.29, 1.82) is 0 Å². The first-order chi connectivity index (χ1) is 6.54. The Balaban J connectivity index is 0. The Morgan fingerprint density at radius 1 is 1.00 bits per heavy atom. The van der Waals surface area contributed by atoms with Gasteiger partial charge in [0.2, 0.25) is 7.82 Å². The fourth-order valence-corrected chi connectivity index (χ4v) is 7.11. The third-order valence-corrected chi connectivity index (χ3v) is 11.6. The molecule has 0 radical (unpaired) electrons. The smallest absolute Gasteiger partial charge is 0.757 e. The van der Waals surface area contributed by atoms with Gasteiger partial charge in [-0.05, 0) is 38.3 Å². The van der Waals surface area contributed by atoms with Gasteiger partial charge in [0.25, 0.3) is 0 Å². The molecule has 0 aliphatic carbocycles. The fraction of sp³-hybridized carbons (Fsp3) is 1.00. The van der Waals surface area contributed by atoms with Crippen LogP contribution in [0.15, 0.2) is 0 Å². The average molecular weight is 276 g/mol. The number of hydrogen-bond acceptors (Lipinski definition) is 4. The third-order valence-electron chi connectivity index (χ3n) is 2.42. The van der Waals surface area contributed by atoms with Crippen LogP contribution in [-0.4, -0.2) is 16.6 Å². The van der Waals surface area contributed by atoms with Crippen LogP contribution in [0.25, 0.3) is 0 Å². The summed E-state index contributed by atoms with van der Waals surface area (Å²) in [6.07, 6.45) is 0. The minimum absolute atomic E-state index is 0. The van der Waals surface area contributed by atoms with E-state index in [9.17, 15) is 9.46 Å². The molecule has 0 atom stereocenters. The molecule has 8 heteroatoms. The zero-order valence-corrected chi connectivity index (χ0v) is 14.4. The summed E-state index contributed by atoms with van der Waals surface area (Å²) in [6.45, 7) is 11.4. The minimum atomic E-state index is -4.10. The molecule has 0 heterocycles. The van der Waals surface area contributed by atoms with E-state index >= 15 is 0 Å². The van der Waals surface area contributed by atoms with Crippen molar-refractivity contribution in [3.63, 3.8) is 0 Å². The SMILES string of the molecule is CC[Si](C)(C)OP(=O)([O-])O[Si](C)(C)CC.[Li+]. The van der Waals surface area contributed by atoms with Crippen molar-refractivity contribution in [2.24, 2.45) is 0 Å². The van der Waals surface area contributed by atoms with Crippen molar-refractivity contribution in [2.75, 3.05) is 0 Å². The molecule has 0 N–H and O–H groups in total. The molecule has 0 saturated heterocycles. The summed E-state index contributed by atoms with van der Waals surface area (Å²) in [6, 6.07) is 1.52. The van der Waals surface area contributed by atoms with E-state index in [1.54, 1.807) is 0 Å². The molecule has 0 bridgehead atoms. The predicted molar refractivity (Wildman–Crippen MR) is 65.7 cm³/mol. The van der Waals surface area contributed by atoms with E-state index in [2.05, 4.69) is 0 Å². The van der Waals surface area contributed by atoms with Crippen LogP contribution in [0.1, 0.15) is 13.8 Å². The van der Waals surface area contributed by atoms with Crippen molar-refractivity contribution < 1.29 is 36.7 Å². The normalized spacial score (nSPS) is 13.4. The minimum Gasteiger partial charge on any atom is -0.757 e. The summed E-state index contributed by atoms with van der Waals surface area (Å²) in [7, 11) is -8.30. The summed E-state index contributed by atoms with van der Waals surface area (Å²) >= 11 is 0. The molecule has 0 spiro atoms. The molecule has 0 aromatic carbocycles. The standard InChI is InChI=1S/C8H23O4PSi2.Li/c1-7-14(3,4)11-13(9,10)12-15(5,6)8-2;/h7-8H2,1-6H3,(H,9,10);/q;+1/p-1. The molecule has 92 valence electrons. The van der Waals surface area contributed by atoms with Gasteiger partial charge in [-0.2, -0.15) is 0 Å². The van der Waals surface area contributed by atoms with E-state index in [4.69, 9.17) is 8.43 Å². The molecule has 16 heavy (non-hydrogen) atoms. The molecule has 0 aromatic rings. The quantitative estimate of drug-likeness (QED) is 0.504. The molecular weight excluding hydrogens is 254 g/mol. The molecule has 0 fully saturated rings. The zero-order valence-electron chi connectivity index (χ0n) is 11.5. The Morgan fingerprint density at radius 2 is 1.25 bits per heavy atom. The largest absolute Gasteiger partial charge is 1.00 e. The maximum atomic E-state index is 11.6. The van der Waals surface area contributed by atoms with Gasteiger partial charge in [-0.1, -0.05) is 13.8 Å². The molecule has 0 saturated carbocycles. The van der Waals surface area contributed by atoms with Gasteiger partial charge in [0.1, 0.15) is 0 Å². The maximum Gasteiger partial charge on any atom is 1.00 e. The molecule has 0 amide bonds. The van der Waals surface area contributed by atoms with Crippen LogP contribution in [-0.2, 0) is 13.0 Å². The van der Waals surface area contributed by atoms with Gasteiger partial charge in [-0.25, -0.2) is 0 Å². The molecule has 0 rings (SSSR count). The molecule has 4 nitrogen and oxygen atoms in total. The molecular formula is C8H22LiO4PSi2. The van der Waals surface area contributed by atoms with Crippen molar-refractivity contribution in [3.05, 3.63) is 0 Å². The Morgan fingerprint density at radius 3 is 1.44 bits per heavy atom. The summed E-state index contributed by atoms with van der Waals surface area (Å²) in [4.78, 5) is 11.6. The van der Waals surface area contributed by atoms with Gasteiger partial charge in [-0.3, -0.25) is 4.57 Å². The van der Waals surface area contributed by atoms with Crippen molar-refractivity contribution in [2.45, 2.75) is 52.1 Å². The first-order valence-corrected chi connectivity index (χ1v) is 13.0. The van der Waals surface area contributed by atoms with E-state index in [0.29, 0.717) is 0 Å². The predicted octanol–water partition coefficient (Wildman–Crippen LogP) is -0.0580. The van der Waals surface area contributed by atoms with E-state index in [0.717, 1.165) is 12.1 Å². The molecule has 0 aliphatic heterocycles. The summed E-state index contributed by atoms with van der Waals surface area (Å²) < 4.78 is 22.0. The first kappa shape index (κ1) is 19.5. The van der Waals surface area contributed by atoms with Crippen molar-refractivity contribution in [1.82, 2.24) is 0 Å². The number of phosphoric acid groups is 1. The van der Waals surface area contributed by atoms with E-state index in [1.807, 2.05) is 40.0 Å². The van der Waals surface area contributed by atoms with E-state index < -0.39 is 24.5 Å². The van der Waals surface area contributed by atoms with E-state index in [-0.39, 0.29) is 18.9 Å². The molecule has 0 unspecified atom stereocenters. The second kappa shape index (κ2) is 6.91. The Kier molecular flexibility index (Phi) is 8.41. The second-order valence-electron chi connectivity index (χ2n) is 4.86. The number of rotatable bonds is 6. The maximum absolute atomic E-state index is 11.6. The summed E-state index contributed by atoms with van der Waals surface area (Å²) in [5.74, 6) is 0. The molecule has 0 aromatic heterocycles. The van der Waals surface area contributed by atoms with Crippen LogP contribution in [0, 0.1) is 0 Å². The van der Waals surface area contributed by atoms with Crippen molar-refractivity contribution in [3.8, 4) is 0 Å². The van der Waals surface area contributed by atoms with Gasteiger partial charge >= 0.3 is 18.9 Å². The zero-order chi connectivity index (χ0) is 12.3. The van der Waals surface area contributed by atoms with Gasteiger partial charge in [0.05, 0.1) is 0 Å². The Bertz CT molecular complexity index is 238. The summed E-state index contributed by atoms with van der Waals surface area (Å²) in [5.41, 5.74) is 0. The van der Waals surface area contributed by atoms with Crippen LogP contribution < -0.4 is 23.8 Å². The molecule has 0 aliphatic rings. The van der Waals surface area contributed by atoms with Crippen molar-refractivity contribution >= 4 is 24.5 Å². The second-order valence-corrected chi connectivity index (χ2v) is 15.7.